The lowest BCUT2D eigenvalue weighted by Crippen LogP contribution is -2.61. The summed E-state index contributed by atoms with van der Waals surface area (Å²) in [6.07, 6.45) is -0.789. The molecule has 2 N–H and O–H groups in total. The Bertz CT molecular complexity index is 2300. The molecule has 1 aliphatic rings. The number of benzene rings is 4. The third-order valence-corrected chi connectivity index (χ3v) is 11.0. The van der Waals surface area contributed by atoms with Crippen molar-refractivity contribution in [1.29, 1.82) is 0 Å². The number of hydrogen-bond donors (Lipinski definition) is 2. The highest BCUT2D eigenvalue weighted by atomic mass is 32.2. The molecule has 4 aromatic carbocycles. The lowest BCUT2D eigenvalue weighted by molar-refractivity contribution is -0.126. The number of rotatable bonds is 10. The maximum absolute atomic E-state index is 14.3. The summed E-state index contributed by atoms with van der Waals surface area (Å²) in [7, 11) is -8.55. The molecule has 2 heterocycles. The second-order valence-corrected chi connectivity index (χ2v) is 16.4. The van der Waals surface area contributed by atoms with Crippen LogP contribution in [0.5, 0.6) is 5.75 Å². The summed E-state index contributed by atoms with van der Waals surface area (Å²) in [5.41, 5.74) is 0.194. The lowest BCUT2D eigenvalue weighted by Gasteiger charge is -2.37. The normalized spacial score (nSPS) is 16.1. The number of aromatic nitrogens is 1. The second-order valence-electron chi connectivity index (χ2n) is 13.2. The van der Waals surface area contributed by atoms with E-state index in [2.05, 4.69) is 15.0 Å². The van der Waals surface area contributed by atoms with Crippen molar-refractivity contribution in [3.05, 3.63) is 109 Å². The van der Waals surface area contributed by atoms with Crippen LogP contribution in [0, 0.1) is 0 Å². The van der Waals surface area contributed by atoms with Crippen molar-refractivity contribution in [2.45, 2.75) is 54.8 Å². The van der Waals surface area contributed by atoms with Gasteiger partial charge in [0.1, 0.15) is 17.4 Å². The van der Waals surface area contributed by atoms with E-state index in [4.69, 9.17) is 8.92 Å². The fourth-order valence-electron chi connectivity index (χ4n) is 5.88. The number of hydrogen-bond acceptors (Lipinski definition) is 10. The number of nitrogens with one attached hydrogen (secondary N) is 2. The average Bonchev–Trinajstić information content (AvgIpc) is 3.10. The van der Waals surface area contributed by atoms with Crippen molar-refractivity contribution in [2.75, 3.05) is 19.6 Å². The minimum atomic E-state index is -4.28. The first-order chi connectivity index (χ1) is 24.2. The Morgan fingerprint density at radius 1 is 0.882 bits per heavy atom. The third kappa shape index (κ3) is 8.37. The molecule has 1 unspecified atom stereocenters. The highest BCUT2D eigenvalue weighted by Crippen LogP contribution is 2.25. The van der Waals surface area contributed by atoms with Gasteiger partial charge in [0, 0.05) is 30.4 Å². The van der Waals surface area contributed by atoms with E-state index in [1.165, 1.54) is 29.2 Å². The SMILES string of the molecule is CC(C)(C)OC(=O)N1CCNCC1C(=O)[C@H](Cc1ccc(OS(=O)(=O)c2ccc3ccccc3n2)cc1)NS(=O)(=O)c1cccc2ccccc12. The van der Waals surface area contributed by atoms with Gasteiger partial charge in [0.2, 0.25) is 10.0 Å². The Hall–Kier alpha value is -4.89. The molecule has 266 valence electrons. The predicted molar refractivity (Wildman–Crippen MR) is 192 cm³/mol. The van der Waals surface area contributed by atoms with Crippen molar-refractivity contribution < 1.29 is 35.3 Å². The van der Waals surface area contributed by atoms with Crippen molar-refractivity contribution in [3.63, 3.8) is 0 Å². The van der Waals surface area contributed by atoms with Crippen LogP contribution in [0.4, 0.5) is 4.79 Å². The summed E-state index contributed by atoms with van der Waals surface area (Å²) in [5.74, 6) is -0.539. The number of sulfonamides is 1. The molecule has 12 nitrogen and oxygen atoms in total. The Morgan fingerprint density at radius 3 is 2.31 bits per heavy atom. The summed E-state index contributed by atoms with van der Waals surface area (Å²) in [5, 5.41) is 4.84. The predicted octanol–water partition coefficient (Wildman–Crippen LogP) is 4.82. The van der Waals surface area contributed by atoms with Crippen LogP contribution in [0.2, 0.25) is 0 Å². The number of ketones is 1. The summed E-state index contributed by atoms with van der Waals surface area (Å²) >= 11 is 0. The van der Waals surface area contributed by atoms with Crippen molar-refractivity contribution in [1.82, 2.24) is 19.9 Å². The molecule has 5 aromatic rings. The smallest absolute Gasteiger partial charge is 0.410 e. The second kappa shape index (κ2) is 14.4. The van der Waals surface area contributed by atoms with Gasteiger partial charge in [-0.1, -0.05) is 66.7 Å². The molecular formula is C37H38N4O8S2. The van der Waals surface area contributed by atoms with Gasteiger partial charge in [-0.2, -0.15) is 8.42 Å². The van der Waals surface area contributed by atoms with Gasteiger partial charge in [0.25, 0.3) is 0 Å². The number of Topliss-reactive ketones (excluding diaryl/α,β-unsaturated/α-hetero) is 1. The quantitative estimate of drug-likeness (QED) is 0.191. The molecule has 0 aliphatic carbocycles. The van der Waals surface area contributed by atoms with Crippen molar-refractivity contribution in [3.8, 4) is 5.75 Å². The number of fused-ring (bicyclic) bond motifs is 2. The maximum atomic E-state index is 14.3. The van der Waals surface area contributed by atoms with Crippen LogP contribution in [0.25, 0.3) is 21.7 Å². The Balaban J connectivity index is 1.28. The molecule has 0 saturated carbocycles. The Kier molecular flexibility index (Phi) is 10.1. The standard InChI is InChI=1S/C37H38N4O8S2/c1-37(2,3)48-36(43)41-22-21-38-24-32(41)35(42)31(40-50(44,45)33-14-8-11-26-9-4-6-12-29(26)33)23-25-15-18-28(19-16-25)49-51(46,47)34-20-17-27-10-5-7-13-30(27)39-34/h4-20,31-32,38,40H,21-24H2,1-3H3/t31-,32?/m0/s1. The van der Waals surface area contributed by atoms with Gasteiger partial charge >= 0.3 is 16.2 Å². The van der Waals surface area contributed by atoms with E-state index in [1.54, 1.807) is 87.5 Å². The van der Waals surface area contributed by atoms with Gasteiger partial charge in [0.05, 0.1) is 16.5 Å². The van der Waals surface area contributed by atoms with E-state index in [0.717, 1.165) is 5.39 Å². The van der Waals surface area contributed by atoms with Gasteiger partial charge in [-0.15, -0.1) is 0 Å². The summed E-state index contributed by atoms with van der Waals surface area (Å²) in [6, 6.07) is 25.6. The number of carbonyl (C=O) groups excluding carboxylic acids is 2. The van der Waals surface area contributed by atoms with Crippen LogP contribution in [0.3, 0.4) is 0 Å². The molecule has 1 amide bonds. The lowest BCUT2D eigenvalue weighted by atomic mass is 9.97. The number of ether oxygens (including phenoxy) is 1. The molecule has 1 aliphatic heterocycles. The van der Waals surface area contributed by atoms with Crippen LogP contribution in [0.1, 0.15) is 26.3 Å². The number of nitrogens with zero attached hydrogens (tertiary/aromatic N) is 2. The topological polar surface area (TPSA) is 161 Å². The van der Waals surface area contributed by atoms with Crippen molar-refractivity contribution >= 4 is 53.7 Å². The molecule has 0 spiro atoms. The minimum absolute atomic E-state index is 0.000391. The number of carbonyl (C=O) groups is 2. The van der Waals surface area contributed by atoms with Crippen LogP contribution in [0.15, 0.2) is 113 Å². The van der Waals surface area contributed by atoms with E-state index in [0.29, 0.717) is 28.4 Å². The van der Waals surface area contributed by atoms with E-state index < -0.39 is 49.7 Å². The summed E-state index contributed by atoms with van der Waals surface area (Å²) in [4.78, 5) is 33.1. The fraction of sp³-hybridized carbons (Fsp3) is 0.270. The Morgan fingerprint density at radius 2 is 1.57 bits per heavy atom. The van der Waals surface area contributed by atoms with Gasteiger partial charge in [0.15, 0.2) is 10.8 Å². The third-order valence-electron chi connectivity index (χ3n) is 8.28. The van der Waals surface area contributed by atoms with Crippen molar-refractivity contribution in [2.24, 2.45) is 0 Å². The zero-order valence-electron chi connectivity index (χ0n) is 28.3. The van der Waals surface area contributed by atoms with Crippen LogP contribution in [-0.4, -0.2) is 75.9 Å². The largest absolute Gasteiger partial charge is 0.444 e. The van der Waals surface area contributed by atoms with Crippen LogP contribution < -0.4 is 14.2 Å². The number of pyridine rings is 1. The van der Waals surface area contributed by atoms with Crippen LogP contribution in [-0.2, 0) is 36.1 Å². The molecule has 14 heteroatoms. The molecule has 51 heavy (non-hydrogen) atoms. The molecule has 0 radical (unpaired) electrons. The summed E-state index contributed by atoms with van der Waals surface area (Å²) < 4.78 is 67.7. The zero-order chi connectivity index (χ0) is 36.4. The van der Waals surface area contributed by atoms with Gasteiger partial charge in [-0.3, -0.25) is 9.69 Å². The molecular weight excluding hydrogens is 693 g/mol. The van der Waals surface area contributed by atoms with Gasteiger partial charge in [-0.05, 0) is 74.5 Å². The molecule has 1 aromatic heterocycles. The molecule has 2 atom stereocenters. The highest BCUT2D eigenvalue weighted by Gasteiger charge is 2.39. The van der Waals surface area contributed by atoms with Gasteiger partial charge < -0.3 is 14.2 Å². The molecule has 0 bridgehead atoms. The number of amides is 1. The number of para-hydroxylation sites is 1. The van der Waals surface area contributed by atoms with E-state index in [1.807, 2.05) is 12.1 Å². The average molecular weight is 731 g/mol. The first-order valence-corrected chi connectivity index (χ1v) is 19.2. The van der Waals surface area contributed by atoms with E-state index in [-0.39, 0.29) is 35.2 Å². The molecule has 1 fully saturated rings. The first kappa shape index (κ1) is 35.9. The fourth-order valence-corrected chi connectivity index (χ4v) is 8.21. The molecule has 1 saturated heterocycles. The number of piperazine rings is 1. The summed E-state index contributed by atoms with van der Waals surface area (Å²) in [6.45, 7) is 5.87. The van der Waals surface area contributed by atoms with E-state index in [9.17, 15) is 26.4 Å². The van der Waals surface area contributed by atoms with E-state index >= 15 is 0 Å². The zero-order valence-corrected chi connectivity index (χ0v) is 29.9. The van der Waals surface area contributed by atoms with Crippen LogP contribution >= 0.6 is 0 Å². The maximum Gasteiger partial charge on any atom is 0.410 e. The minimum Gasteiger partial charge on any atom is -0.444 e. The highest BCUT2D eigenvalue weighted by molar-refractivity contribution is 7.89. The molecule has 6 rings (SSSR count). The van der Waals surface area contributed by atoms with Gasteiger partial charge in [-0.25, -0.2) is 22.9 Å². The monoisotopic (exact) mass is 730 g/mol. The Labute approximate surface area is 297 Å². The first-order valence-electron chi connectivity index (χ1n) is 16.3.